The number of hydrogen-bond acceptors (Lipinski definition) is 7. The third-order valence-corrected chi connectivity index (χ3v) is 6.27. The maximum atomic E-state index is 12.8. The number of nitrogens with two attached hydrogens (primary N) is 2. The number of rotatable bonds is 16. The van der Waals surface area contributed by atoms with Crippen molar-refractivity contribution in [3.8, 4) is 0 Å². The van der Waals surface area contributed by atoms with Crippen LogP contribution in [0.5, 0.6) is 0 Å². The van der Waals surface area contributed by atoms with E-state index >= 15 is 0 Å². The van der Waals surface area contributed by atoms with Gasteiger partial charge in [-0.1, -0.05) is 27.7 Å². The zero-order chi connectivity index (χ0) is 29.7. The number of carbonyl (C=O) groups excluding carboxylic acids is 4. The Kier molecular flexibility index (Phi) is 14.2. The second kappa shape index (κ2) is 16.5. The van der Waals surface area contributed by atoms with Gasteiger partial charge in [0, 0.05) is 13.1 Å². The predicted octanol–water partition coefficient (Wildman–Crippen LogP) is -1.17. The summed E-state index contributed by atoms with van der Waals surface area (Å²) in [5, 5.41) is 26.9. The van der Waals surface area contributed by atoms with Crippen molar-refractivity contribution >= 4 is 35.6 Å². The van der Waals surface area contributed by atoms with Gasteiger partial charge in [-0.25, -0.2) is 4.79 Å². The van der Waals surface area contributed by atoms with Crippen molar-refractivity contribution in [1.82, 2.24) is 26.2 Å². The highest BCUT2D eigenvalue weighted by Gasteiger charge is 2.36. The monoisotopic (exact) mass is 554 g/mol. The van der Waals surface area contributed by atoms with Crippen molar-refractivity contribution in [2.45, 2.75) is 90.4 Å². The lowest BCUT2D eigenvalue weighted by Crippen LogP contribution is -2.55. The van der Waals surface area contributed by atoms with Crippen LogP contribution in [-0.4, -0.2) is 89.4 Å². The van der Waals surface area contributed by atoms with Gasteiger partial charge in [-0.05, 0) is 50.4 Å². The smallest absolute Gasteiger partial charge is 0.326 e. The molecule has 4 amide bonds. The molecule has 222 valence electrons. The highest BCUT2D eigenvalue weighted by Crippen LogP contribution is 2.19. The molecule has 1 rings (SSSR count). The molecule has 0 unspecified atom stereocenters. The molecule has 0 spiro atoms. The van der Waals surface area contributed by atoms with Crippen LogP contribution < -0.4 is 32.7 Å². The van der Waals surface area contributed by atoms with E-state index in [9.17, 15) is 29.1 Å². The Bertz CT molecular complexity index is 881. The largest absolute Gasteiger partial charge is 0.480 e. The second-order valence-corrected chi connectivity index (χ2v) is 10.8. The Balaban J connectivity index is 2.68. The normalized spacial score (nSPS) is 17.3. The van der Waals surface area contributed by atoms with Crippen molar-refractivity contribution in [1.29, 1.82) is 5.41 Å². The van der Waals surface area contributed by atoms with E-state index in [1.165, 1.54) is 4.90 Å². The number of nitrogens with zero attached hydrogens (tertiary/aromatic N) is 1. The number of aliphatic carboxylic acids is 1. The van der Waals surface area contributed by atoms with Gasteiger partial charge in [-0.15, -0.1) is 0 Å². The molecule has 39 heavy (non-hydrogen) atoms. The van der Waals surface area contributed by atoms with E-state index in [0.29, 0.717) is 38.8 Å². The number of carboxylic acids is 1. The summed E-state index contributed by atoms with van der Waals surface area (Å²) in [4.78, 5) is 64.1. The van der Waals surface area contributed by atoms with Crippen LogP contribution >= 0.6 is 0 Å². The van der Waals surface area contributed by atoms with Crippen LogP contribution in [0.2, 0.25) is 0 Å². The Morgan fingerprint density at radius 1 is 1.00 bits per heavy atom. The molecule has 1 fully saturated rings. The molecule has 1 heterocycles. The second-order valence-electron chi connectivity index (χ2n) is 10.8. The maximum absolute atomic E-state index is 12.8. The van der Waals surface area contributed by atoms with Gasteiger partial charge >= 0.3 is 5.97 Å². The van der Waals surface area contributed by atoms with Crippen LogP contribution in [-0.2, 0) is 24.0 Å². The molecular weight excluding hydrogens is 508 g/mol. The van der Waals surface area contributed by atoms with E-state index < -0.39 is 54.4 Å². The quantitative estimate of drug-likeness (QED) is 0.0651. The van der Waals surface area contributed by atoms with E-state index in [1.807, 2.05) is 27.7 Å². The van der Waals surface area contributed by atoms with E-state index in [0.717, 1.165) is 0 Å². The van der Waals surface area contributed by atoms with Crippen molar-refractivity contribution in [3.63, 3.8) is 0 Å². The molecule has 0 aromatic heterocycles. The summed E-state index contributed by atoms with van der Waals surface area (Å²) < 4.78 is 0. The number of nitrogens with one attached hydrogen (secondary N) is 5. The molecule has 0 aliphatic carbocycles. The lowest BCUT2D eigenvalue weighted by Gasteiger charge is -2.27. The minimum Gasteiger partial charge on any atom is -0.480 e. The number of amides is 4. The molecule has 0 radical (unpaired) electrons. The Morgan fingerprint density at radius 2 is 1.62 bits per heavy atom. The first-order valence-electron chi connectivity index (χ1n) is 13.5. The average Bonchev–Trinajstić information content (AvgIpc) is 3.33. The molecule has 1 aliphatic rings. The molecule has 4 atom stereocenters. The van der Waals surface area contributed by atoms with Crippen LogP contribution in [0.25, 0.3) is 0 Å². The number of carboxylic acid groups (broad SMARTS) is 1. The first kappa shape index (κ1) is 33.6. The Hall–Kier alpha value is -3.42. The van der Waals surface area contributed by atoms with E-state index in [-0.39, 0.29) is 36.5 Å². The minimum atomic E-state index is -1.15. The summed E-state index contributed by atoms with van der Waals surface area (Å²) in [6, 6.07) is -3.61. The number of likely N-dealkylation sites (tertiary alicyclic amines) is 1. The van der Waals surface area contributed by atoms with Crippen LogP contribution in [0.3, 0.4) is 0 Å². The highest BCUT2D eigenvalue weighted by atomic mass is 16.4. The molecule has 10 N–H and O–H groups in total. The standard InChI is InChI=1S/C25H46N8O6/c1-14(2)11-17(21(35)32-18(24(38)39)12-15(3)4)31-20(34)13-30-22(36)19-8-6-10-33(19)23(37)16(26)7-5-9-29-25(27)28/h14-19H,5-13,26H2,1-4H3,(H,30,36)(H,31,34)(H,32,35)(H,38,39)(H4,27,28,29)/t16-,17-,18-,19-/m0/s1. The van der Waals surface area contributed by atoms with Gasteiger partial charge in [0.05, 0.1) is 12.6 Å². The lowest BCUT2D eigenvalue weighted by atomic mass is 10.0. The third kappa shape index (κ3) is 12.3. The number of hydrogen-bond donors (Lipinski definition) is 8. The molecule has 1 saturated heterocycles. The average molecular weight is 555 g/mol. The van der Waals surface area contributed by atoms with E-state index in [4.69, 9.17) is 16.9 Å². The Labute approximate surface area is 229 Å². The number of guanidine groups is 1. The summed E-state index contributed by atoms with van der Waals surface area (Å²) in [5.74, 6) is -3.30. The summed E-state index contributed by atoms with van der Waals surface area (Å²) in [6.45, 7) is 7.80. The van der Waals surface area contributed by atoms with E-state index in [2.05, 4.69) is 21.3 Å². The SMILES string of the molecule is CC(C)C[C@H](NC(=O)[C@H](CC(C)C)NC(=O)CNC(=O)[C@@H]1CCCN1C(=O)[C@@H](N)CCCNC(=N)N)C(=O)O. The zero-order valence-corrected chi connectivity index (χ0v) is 23.4. The van der Waals surface area contributed by atoms with Crippen molar-refractivity contribution < 1.29 is 29.1 Å². The lowest BCUT2D eigenvalue weighted by molar-refractivity contribution is -0.142. The van der Waals surface area contributed by atoms with Gasteiger partial charge in [0.1, 0.15) is 18.1 Å². The molecule has 0 bridgehead atoms. The van der Waals surface area contributed by atoms with E-state index in [1.54, 1.807) is 0 Å². The van der Waals surface area contributed by atoms with Gasteiger partial charge < -0.3 is 42.7 Å². The van der Waals surface area contributed by atoms with Crippen LogP contribution in [0.4, 0.5) is 0 Å². The molecule has 1 aliphatic heterocycles. The summed E-state index contributed by atoms with van der Waals surface area (Å²) in [5.41, 5.74) is 11.3. The van der Waals surface area contributed by atoms with Crippen molar-refractivity contribution in [2.75, 3.05) is 19.6 Å². The molecular formula is C25H46N8O6. The topological polar surface area (TPSA) is 233 Å². The first-order valence-corrected chi connectivity index (χ1v) is 13.5. The third-order valence-electron chi connectivity index (χ3n) is 6.27. The fourth-order valence-electron chi connectivity index (χ4n) is 4.38. The molecule has 0 aromatic rings. The van der Waals surface area contributed by atoms with Crippen molar-refractivity contribution in [2.24, 2.45) is 23.3 Å². The fourth-order valence-corrected chi connectivity index (χ4v) is 4.38. The zero-order valence-electron chi connectivity index (χ0n) is 23.4. The summed E-state index contributed by atoms with van der Waals surface area (Å²) in [7, 11) is 0. The number of carbonyl (C=O) groups is 5. The predicted molar refractivity (Wildman–Crippen MR) is 145 cm³/mol. The molecule has 0 saturated carbocycles. The molecule has 14 nitrogen and oxygen atoms in total. The maximum Gasteiger partial charge on any atom is 0.326 e. The fraction of sp³-hybridized carbons (Fsp3) is 0.760. The van der Waals surface area contributed by atoms with Gasteiger partial charge in [-0.3, -0.25) is 24.6 Å². The molecule has 14 heteroatoms. The van der Waals surface area contributed by atoms with Crippen LogP contribution in [0, 0.1) is 17.2 Å². The first-order chi connectivity index (χ1) is 18.2. The van der Waals surface area contributed by atoms with Gasteiger partial charge in [-0.2, -0.15) is 0 Å². The molecule has 0 aromatic carbocycles. The van der Waals surface area contributed by atoms with Gasteiger partial charge in [0.25, 0.3) is 0 Å². The van der Waals surface area contributed by atoms with Gasteiger partial charge in [0.2, 0.25) is 23.6 Å². The summed E-state index contributed by atoms with van der Waals surface area (Å²) >= 11 is 0. The van der Waals surface area contributed by atoms with Crippen LogP contribution in [0.15, 0.2) is 0 Å². The summed E-state index contributed by atoms with van der Waals surface area (Å²) in [6.07, 6.45) is 2.45. The van der Waals surface area contributed by atoms with Crippen LogP contribution in [0.1, 0.15) is 66.2 Å². The van der Waals surface area contributed by atoms with Crippen molar-refractivity contribution in [3.05, 3.63) is 0 Å². The highest BCUT2D eigenvalue weighted by molar-refractivity contribution is 5.94. The Morgan fingerprint density at radius 3 is 2.18 bits per heavy atom. The van der Waals surface area contributed by atoms with Gasteiger partial charge in [0.15, 0.2) is 5.96 Å². The minimum absolute atomic E-state index is 0.0320.